The van der Waals surface area contributed by atoms with Gasteiger partial charge in [-0.2, -0.15) is 18.3 Å². The van der Waals surface area contributed by atoms with Crippen LogP contribution in [0.25, 0.3) is 0 Å². The van der Waals surface area contributed by atoms with Crippen molar-refractivity contribution in [3.8, 4) is 0 Å². The fourth-order valence-corrected chi connectivity index (χ4v) is 2.48. The van der Waals surface area contributed by atoms with Crippen LogP contribution in [0.3, 0.4) is 0 Å². The lowest BCUT2D eigenvalue weighted by Gasteiger charge is -2.25. The van der Waals surface area contributed by atoms with Gasteiger partial charge in [0.05, 0.1) is 17.9 Å². The molecule has 0 spiro atoms. The molecule has 23 heavy (non-hydrogen) atoms. The molecule has 0 bridgehead atoms. The fourth-order valence-electron chi connectivity index (χ4n) is 2.48. The van der Waals surface area contributed by atoms with Gasteiger partial charge in [0.2, 0.25) is 0 Å². The maximum absolute atomic E-state index is 13.4. The van der Waals surface area contributed by atoms with Gasteiger partial charge in [0.1, 0.15) is 5.60 Å². The third-order valence-electron chi connectivity index (χ3n) is 3.35. The van der Waals surface area contributed by atoms with Gasteiger partial charge in [-0.25, -0.2) is 4.79 Å². The van der Waals surface area contributed by atoms with E-state index < -0.39 is 23.6 Å². The van der Waals surface area contributed by atoms with Crippen molar-refractivity contribution in [3.63, 3.8) is 0 Å². The first-order chi connectivity index (χ1) is 10.6. The Morgan fingerprint density at radius 1 is 1.35 bits per heavy atom. The lowest BCUT2D eigenvalue weighted by atomic mass is 10.1. The summed E-state index contributed by atoms with van der Waals surface area (Å²) in [6, 6.07) is -0.345. The van der Waals surface area contributed by atoms with Crippen LogP contribution in [0, 0.1) is 0 Å². The van der Waals surface area contributed by atoms with Gasteiger partial charge in [0.25, 0.3) is 0 Å². The number of aromatic nitrogens is 2. The predicted molar refractivity (Wildman–Crippen MR) is 78.2 cm³/mol. The molecule has 1 aliphatic heterocycles. The zero-order valence-corrected chi connectivity index (χ0v) is 13.3. The summed E-state index contributed by atoms with van der Waals surface area (Å²) in [7, 11) is 0. The maximum Gasteiger partial charge on any atom is 0.435 e. The van der Waals surface area contributed by atoms with Crippen LogP contribution in [0.1, 0.15) is 45.3 Å². The van der Waals surface area contributed by atoms with Crippen molar-refractivity contribution in [2.45, 2.75) is 51.4 Å². The van der Waals surface area contributed by atoms with E-state index in [1.165, 1.54) is 0 Å². The summed E-state index contributed by atoms with van der Waals surface area (Å²) in [6.45, 7) is 6.18. The molecular weight excluding hydrogens is 313 g/mol. The Labute approximate surface area is 132 Å². The standard InChI is InChI=1S/C14H21F3N4O2/c1-13(2,3)23-12(22)20-10-8-19-21(11(10)14(15,16)17)9-4-6-18-7-5-9/h8-9,18H,4-7H2,1-3H3,(H,20,22). The molecule has 1 aromatic heterocycles. The molecule has 2 heterocycles. The minimum Gasteiger partial charge on any atom is -0.444 e. The number of piperidine rings is 1. The summed E-state index contributed by atoms with van der Waals surface area (Å²) in [4.78, 5) is 11.7. The summed E-state index contributed by atoms with van der Waals surface area (Å²) in [5.74, 6) is 0. The number of anilines is 1. The third kappa shape index (κ3) is 4.60. The molecule has 0 aliphatic carbocycles. The van der Waals surface area contributed by atoms with Crippen molar-refractivity contribution in [2.75, 3.05) is 18.4 Å². The highest BCUT2D eigenvalue weighted by atomic mass is 19.4. The Morgan fingerprint density at radius 2 is 1.96 bits per heavy atom. The van der Waals surface area contributed by atoms with Gasteiger partial charge in [0.15, 0.2) is 5.69 Å². The second-order valence-electron chi connectivity index (χ2n) is 6.46. The fraction of sp³-hybridized carbons (Fsp3) is 0.714. The smallest absolute Gasteiger partial charge is 0.435 e. The van der Waals surface area contributed by atoms with Crippen molar-refractivity contribution in [1.82, 2.24) is 15.1 Å². The first-order valence-corrected chi connectivity index (χ1v) is 7.43. The molecule has 1 amide bonds. The number of nitrogens with zero attached hydrogens (tertiary/aromatic N) is 2. The van der Waals surface area contributed by atoms with Gasteiger partial charge in [-0.05, 0) is 46.7 Å². The van der Waals surface area contributed by atoms with Crippen LogP contribution in [0.15, 0.2) is 6.20 Å². The number of ether oxygens (including phenoxy) is 1. The van der Waals surface area contributed by atoms with E-state index in [0.717, 1.165) is 10.9 Å². The molecule has 0 radical (unpaired) electrons. The van der Waals surface area contributed by atoms with E-state index in [4.69, 9.17) is 4.74 Å². The molecule has 0 aromatic carbocycles. The van der Waals surface area contributed by atoms with Gasteiger partial charge >= 0.3 is 12.3 Å². The van der Waals surface area contributed by atoms with Gasteiger partial charge in [-0.1, -0.05) is 0 Å². The number of halogens is 3. The number of rotatable bonds is 2. The number of nitrogens with one attached hydrogen (secondary N) is 2. The molecule has 0 atom stereocenters. The van der Waals surface area contributed by atoms with Crippen molar-refractivity contribution < 1.29 is 22.7 Å². The molecule has 2 N–H and O–H groups in total. The quantitative estimate of drug-likeness (QED) is 0.872. The number of carbonyl (C=O) groups is 1. The lowest BCUT2D eigenvalue weighted by Crippen LogP contribution is -2.32. The zero-order chi connectivity index (χ0) is 17.3. The topological polar surface area (TPSA) is 68.2 Å². The zero-order valence-electron chi connectivity index (χ0n) is 13.3. The highest BCUT2D eigenvalue weighted by Gasteiger charge is 2.40. The summed E-state index contributed by atoms with van der Waals surface area (Å²) < 4.78 is 46.2. The van der Waals surface area contributed by atoms with E-state index in [0.29, 0.717) is 25.9 Å². The Bertz CT molecular complexity index is 557. The molecular formula is C14H21F3N4O2. The Hall–Kier alpha value is -1.77. The molecule has 130 valence electrons. The maximum atomic E-state index is 13.4. The molecule has 1 fully saturated rings. The summed E-state index contributed by atoms with van der Waals surface area (Å²) in [5.41, 5.74) is -2.13. The van der Waals surface area contributed by atoms with Crippen molar-refractivity contribution >= 4 is 11.8 Å². The Balaban J connectivity index is 2.26. The van der Waals surface area contributed by atoms with E-state index in [-0.39, 0.29) is 11.7 Å². The molecule has 9 heteroatoms. The Kier molecular flexibility index (Phi) is 4.88. The van der Waals surface area contributed by atoms with Crippen LogP contribution in [0.5, 0.6) is 0 Å². The molecule has 1 aliphatic rings. The van der Waals surface area contributed by atoms with Crippen molar-refractivity contribution in [2.24, 2.45) is 0 Å². The molecule has 2 rings (SSSR count). The lowest BCUT2D eigenvalue weighted by molar-refractivity contribution is -0.144. The van der Waals surface area contributed by atoms with Crippen LogP contribution >= 0.6 is 0 Å². The highest BCUT2D eigenvalue weighted by molar-refractivity contribution is 5.85. The number of hydrogen-bond acceptors (Lipinski definition) is 4. The number of alkyl halides is 3. The van der Waals surface area contributed by atoms with Gasteiger partial charge < -0.3 is 10.1 Å². The number of hydrogen-bond donors (Lipinski definition) is 2. The summed E-state index contributed by atoms with van der Waals surface area (Å²) in [5, 5.41) is 9.10. The van der Waals surface area contributed by atoms with Crippen LogP contribution in [-0.2, 0) is 10.9 Å². The third-order valence-corrected chi connectivity index (χ3v) is 3.35. The average Bonchev–Trinajstić information content (AvgIpc) is 2.81. The van der Waals surface area contributed by atoms with E-state index in [2.05, 4.69) is 15.7 Å². The molecule has 1 aromatic rings. The molecule has 6 nitrogen and oxygen atoms in total. The van der Waals surface area contributed by atoms with Crippen molar-refractivity contribution in [3.05, 3.63) is 11.9 Å². The largest absolute Gasteiger partial charge is 0.444 e. The number of amides is 1. The molecule has 1 saturated heterocycles. The normalized spacial score (nSPS) is 17.1. The van der Waals surface area contributed by atoms with Crippen LogP contribution in [0.4, 0.5) is 23.7 Å². The van der Waals surface area contributed by atoms with Crippen molar-refractivity contribution in [1.29, 1.82) is 0 Å². The van der Waals surface area contributed by atoms with E-state index in [1.807, 2.05) is 0 Å². The van der Waals surface area contributed by atoms with Gasteiger partial charge in [0, 0.05) is 0 Å². The van der Waals surface area contributed by atoms with E-state index >= 15 is 0 Å². The van der Waals surface area contributed by atoms with Crippen LogP contribution < -0.4 is 10.6 Å². The minimum atomic E-state index is -4.62. The highest BCUT2D eigenvalue weighted by Crippen LogP contribution is 2.37. The second kappa shape index (κ2) is 6.38. The monoisotopic (exact) mass is 334 g/mol. The summed E-state index contributed by atoms with van der Waals surface area (Å²) in [6.07, 6.45) is -3.43. The number of carbonyl (C=O) groups excluding carboxylic acids is 1. The first-order valence-electron chi connectivity index (χ1n) is 7.43. The van der Waals surface area contributed by atoms with Crippen LogP contribution in [-0.4, -0.2) is 34.6 Å². The predicted octanol–water partition coefficient (Wildman–Crippen LogP) is 3.17. The Morgan fingerprint density at radius 3 is 2.48 bits per heavy atom. The van der Waals surface area contributed by atoms with Gasteiger partial charge in [-0.15, -0.1) is 0 Å². The van der Waals surface area contributed by atoms with Crippen LogP contribution in [0.2, 0.25) is 0 Å². The minimum absolute atomic E-state index is 0.345. The van der Waals surface area contributed by atoms with E-state index in [9.17, 15) is 18.0 Å². The van der Waals surface area contributed by atoms with E-state index in [1.54, 1.807) is 20.8 Å². The average molecular weight is 334 g/mol. The molecule has 0 unspecified atom stereocenters. The second-order valence-corrected chi connectivity index (χ2v) is 6.46. The SMILES string of the molecule is CC(C)(C)OC(=O)Nc1cnn(C2CCNCC2)c1C(F)(F)F. The summed E-state index contributed by atoms with van der Waals surface area (Å²) >= 11 is 0. The van der Waals surface area contributed by atoms with Gasteiger partial charge in [-0.3, -0.25) is 10.00 Å². The first kappa shape index (κ1) is 17.6. The molecule has 0 saturated carbocycles.